The van der Waals surface area contributed by atoms with Crippen molar-refractivity contribution in [2.45, 2.75) is 45.6 Å². The van der Waals surface area contributed by atoms with Crippen molar-refractivity contribution in [3.05, 3.63) is 35.1 Å². The molecule has 28 heavy (non-hydrogen) atoms. The van der Waals surface area contributed by atoms with Crippen LogP contribution in [0.1, 0.15) is 37.0 Å². The molecule has 1 aromatic heterocycles. The summed E-state index contributed by atoms with van der Waals surface area (Å²) in [4.78, 5) is 28.7. The molecule has 1 fully saturated rings. The fraction of sp³-hybridized carbons (Fsp3) is 0.545. The molecule has 0 saturated carbocycles. The zero-order valence-electron chi connectivity index (χ0n) is 16.8. The number of carbonyl (C=O) groups excluding carboxylic acids is 2. The van der Waals surface area contributed by atoms with Crippen molar-refractivity contribution in [1.29, 1.82) is 0 Å². The third-order valence-corrected chi connectivity index (χ3v) is 5.75. The molecule has 6 nitrogen and oxygen atoms in total. The number of piperazine rings is 1. The maximum absolute atomic E-state index is 12.8. The van der Waals surface area contributed by atoms with Gasteiger partial charge in [-0.2, -0.15) is 0 Å². The predicted molar refractivity (Wildman–Crippen MR) is 108 cm³/mol. The molecule has 150 valence electrons. The van der Waals surface area contributed by atoms with Gasteiger partial charge in [0.2, 0.25) is 11.8 Å². The van der Waals surface area contributed by atoms with Crippen molar-refractivity contribution < 1.29 is 14.0 Å². The lowest BCUT2D eigenvalue weighted by atomic mass is 10.0. The SMILES string of the molecule is CC(C)NC(=O)CN1CCN(C(=O)Cc2coc3cc4c(cc23)CCC4)CC1. The van der Waals surface area contributed by atoms with E-state index in [1.165, 1.54) is 17.5 Å². The van der Waals surface area contributed by atoms with E-state index in [1.807, 2.05) is 18.7 Å². The van der Waals surface area contributed by atoms with Crippen LogP contribution in [0, 0.1) is 0 Å². The summed E-state index contributed by atoms with van der Waals surface area (Å²) < 4.78 is 5.73. The van der Waals surface area contributed by atoms with E-state index in [0.29, 0.717) is 26.1 Å². The molecule has 0 spiro atoms. The Labute approximate surface area is 165 Å². The first-order valence-electron chi connectivity index (χ1n) is 10.3. The van der Waals surface area contributed by atoms with Gasteiger partial charge < -0.3 is 14.6 Å². The molecule has 0 atom stereocenters. The third kappa shape index (κ3) is 4.07. The number of nitrogens with one attached hydrogen (secondary N) is 1. The molecule has 2 heterocycles. The van der Waals surface area contributed by atoms with Gasteiger partial charge in [0.1, 0.15) is 5.58 Å². The van der Waals surface area contributed by atoms with Crippen LogP contribution in [0.4, 0.5) is 0 Å². The summed E-state index contributed by atoms with van der Waals surface area (Å²) in [5, 5.41) is 4.00. The van der Waals surface area contributed by atoms with Crippen molar-refractivity contribution in [3.63, 3.8) is 0 Å². The average molecular weight is 383 g/mol. The summed E-state index contributed by atoms with van der Waals surface area (Å²) in [6.45, 7) is 7.12. The summed E-state index contributed by atoms with van der Waals surface area (Å²) in [5.74, 6) is 0.182. The minimum Gasteiger partial charge on any atom is -0.464 e. The van der Waals surface area contributed by atoms with E-state index in [1.54, 1.807) is 6.26 Å². The van der Waals surface area contributed by atoms with Crippen LogP contribution in [-0.2, 0) is 28.9 Å². The molecule has 6 heteroatoms. The number of fused-ring (bicyclic) bond motifs is 2. The van der Waals surface area contributed by atoms with E-state index in [0.717, 1.165) is 42.5 Å². The molecule has 2 aliphatic rings. The van der Waals surface area contributed by atoms with Crippen LogP contribution in [0.5, 0.6) is 0 Å². The lowest BCUT2D eigenvalue weighted by Gasteiger charge is -2.34. The molecule has 1 saturated heterocycles. The summed E-state index contributed by atoms with van der Waals surface area (Å²) in [6, 6.07) is 4.52. The molecule has 4 rings (SSSR count). The van der Waals surface area contributed by atoms with Gasteiger partial charge in [-0.25, -0.2) is 0 Å². The first-order valence-corrected chi connectivity index (χ1v) is 10.3. The number of rotatable bonds is 5. The predicted octanol–water partition coefficient (Wildman–Crippen LogP) is 2.13. The number of carbonyl (C=O) groups is 2. The van der Waals surface area contributed by atoms with E-state index in [-0.39, 0.29) is 17.9 Å². The quantitative estimate of drug-likeness (QED) is 0.859. The topological polar surface area (TPSA) is 65.8 Å². The van der Waals surface area contributed by atoms with Gasteiger partial charge in [0.25, 0.3) is 0 Å². The van der Waals surface area contributed by atoms with Crippen LogP contribution < -0.4 is 5.32 Å². The van der Waals surface area contributed by atoms with E-state index in [9.17, 15) is 9.59 Å². The van der Waals surface area contributed by atoms with Crippen LogP contribution in [0.2, 0.25) is 0 Å². The van der Waals surface area contributed by atoms with Crippen LogP contribution in [-0.4, -0.2) is 60.4 Å². The first kappa shape index (κ1) is 19.0. The molecule has 1 aliphatic carbocycles. The van der Waals surface area contributed by atoms with E-state index in [4.69, 9.17) is 4.42 Å². The molecule has 2 aromatic rings. The van der Waals surface area contributed by atoms with Gasteiger partial charge >= 0.3 is 0 Å². The lowest BCUT2D eigenvalue weighted by molar-refractivity contribution is -0.132. The van der Waals surface area contributed by atoms with Gasteiger partial charge in [0.15, 0.2) is 0 Å². The minimum absolute atomic E-state index is 0.0483. The number of hydrogen-bond donors (Lipinski definition) is 1. The fourth-order valence-corrected chi connectivity index (χ4v) is 4.29. The van der Waals surface area contributed by atoms with Gasteiger partial charge in [-0.3, -0.25) is 14.5 Å². The molecular formula is C22H29N3O3. The second-order valence-corrected chi connectivity index (χ2v) is 8.29. The minimum atomic E-state index is 0.0483. The smallest absolute Gasteiger partial charge is 0.234 e. The number of nitrogens with zero attached hydrogens (tertiary/aromatic N) is 2. The Morgan fingerprint density at radius 2 is 1.82 bits per heavy atom. The monoisotopic (exact) mass is 383 g/mol. The van der Waals surface area contributed by atoms with Crippen LogP contribution in [0.15, 0.2) is 22.8 Å². The maximum Gasteiger partial charge on any atom is 0.234 e. The molecule has 1 aromatic carbocycles. The van der Waals surface area contributed by atoms with E-state index < -0.39 is 0 Å². The maximum atomic E-state index is 12.8. The van der Waals surface area contributed by atoms with Crippen molar-refractivity contribution in [2.75, 3.05) is 32.7 Å². The number of benzene rings is 1. The summed E-state index contributed by atoms with van der Waals surface area (Å²) in [6.07, 6.45) is 5.56. The molecule has 2 amide bonds. The van der Waals surface area contributed by atoms with E-state index in [2.05, 4.69) is 22.3 Å². The highest BCUT2D eigenvalue weighted by Crippen LogP contribution is 2.30. The Bertz CT molecular complexity index is 879. The van der Waals surface area contributed by atoms with Gasteiger partial charge in [-0.15, -0.1) is 0 Å². The van der Waals surface area contributed by atoms with Gasteiger partial charge in [0.05, 0.1) is 19.2 Å². The molecule has 1 aliphatic heterocycles. The van der Waals surface area contributed by atoms with Gasteiger partial charge in [-0.05, 0) is 56.4 Å². The fourth-order valence-electron chi connectivity index (χ4n) is 4.29. The lowest BCUT2D eigenvalue weighted by Crippen LogP contribution is -2.51. The zero-order valence-corrected chi connectivity index (χ0v) is 16.8. The number of aryl methyl sites for hydroxylation is 2. The summed E-state index contributed by atoms with van der Waals surface area (Å²) >= 11 is 0. The number of amides is 2. The largest absolute Gasteiger partial charge is 0.464 e. The standard InChI is InChI=1S/C22H29N3O3/c1-15(2)23-21(26)13-24-6-8-25(9-7-24)22(27)12-18-14-28-20-11-17-5-3-4-16(17)10-19(18)20/h10-11,14-15H,3-9,12-13H2,1-2H3,(H,23,26). The second-order valence-electron chi connectivity index (χ2n) is 8.29. The van der Waals surface area contributed by atoms with Crippen LogP contribution >= 0.6 is 0 Å². The van der Waals surface area contributed by atoms with Gasteiger partial charge in [-0.1, -0.05) is 0 Å². The Balaban J connectivity index is 1.34. The Kier molecular flexibility index (Phi) is 5.40. The molecule has 0 unspecified atom stereocenters. The first-order chi connectivity index (χ1) is 13.5. The Morgan fingerprint density at radius 1 is 1.11 bits per heavy atom. The Morgan fingerprint density at radius 3 is 2.54 bits per heavy atom. The number of hydrogen-bond acceptors (Lipinski definition) is 4. The van der Waals surface area contributed by atoms with Crippen molar-refractivity contribution in [3.8, 4) is 0 Å². The highest BCUT2D eigenvalue weighted by molar-refractivity contribution is 5.88. The summed E-state index contributed by atoms with van der Waals surface area (Å²) in [5.41, 5.74) is 4.66. The highest BCUT2D eigenvalue weighted by atomic mass is 16.3. The van der Waals surface area contributed by atoms with Gasteiger partial charge in [0, 0.05) is 43.2 Å². The van der Waals surface area contributed by atoms with Crippen molar-refractivity contribution in [1.82, 2.24) is 15.1 Å². The van der Waals surface area contributed by atoms with Crippen molar-refractivity contribution in [2.24, 2.45) is 0 Å². The molecular weight excluding hydrogens is 354 g/mol. The summed E-state index contributed by atoms with van der Waals surface area (Å²) in [7, 11) is 0. The average Bonchev–Trinajstić information content (AvgIpc) is 3.26. The third-order valence-electron chi connectivity index (χ3n) is 5.75. The van der Waals surface area contributed by atoms with E-state index >= 15 is 0 Å². The molecule has 0 radical (unpaired) electrons. The molecule has 0 bridgehead atoms. The highest BCUT2D eigenvalue weighted by Gasteiger charge is 2.24. The van der Waals surface area contributed by atoms with Crippen LogP contribution in [0.3, 0.4) is 0 Å². The normalized spacial score (nSPS) is 17.3. The Hall–Kier alpha value is -2.34. The van der Waals surface area contributed by atoms with Crippen LogP contribution in [0.25, 0.3) is 11.0 Å². The zero-order chi connectivity index (χ0) is 19.7. The van der Waals surface area contributed by atoms with Crippen molar-refractivity contribution >= 4 is 22.8 Å². The molecule has 1 N–H and O–H groups in total. The second kappa shape index (κ2) is 7.95. The number of furan rings is 1.